The molecule has 0 amide bonds. The zero-order chi connectivity index (χ0) is 14.5. The van der Waals surface area contributed by atoms with Gasteiger partial charge in [-0.2, -0.15) is 15.0 Å². The summed E-state index contributed by atoms with van der Waals surface area (Å²) in [6.45, 7) is 2.70. The summed E-state index contributed by atoms with van der Waals surface area (Å²) >= 11 is 0. The second kappa shape index (κ2) is 6.14. The number of ether oxygens (including phenoxy) is 1. The van der Waals surface area contributed by atoms with Gasteiger partial charge in [0.1, 0.15) is 5.75 Å². The van der Waals surface area contributed by atoms with Crippen LogP contribution in [0.25, 0.3) is 11.4 Å². The first-order valence-corrected chi connectivity index (χ1v) is 6.37. The first-order valence-electron chi connectivity index (χ1n) is 6.37. The molecule has 0 saturated heterocycles. The molecule has 0 aromatic carbocycles. The fourth-order valence-corrected chi connectivity index (χ4v) is 1.55. The predicted octanol–water partition coefficient (Wildman–Crippen LogP) is 1.37. The average Bonchev–Trinajstić information content (AvgIpc) is 2.44. The summed E-state index contributed by atoms with van der Waals surface area (Å²) < 4.78 is 5.55. The molecule has 2 N–H and O–H groups in total. The number of hydrogen-bond donors (Lipinski definition) is 1. The van der Waals surface area contributed by atoms with Crippen molar-refractivity contribution >= 4 is 11.9 Å². The molecule has 7 nitrogen and oxygen atoms in total. The van der Waals surface area contributed by atoms with Gasteiger partial charge in [0.15, 0.2) is 5.82 Å². The maximum absolute atomic E-state index is 5.71. The van der Waals surface area contributed by atoms with Crippen LogP contribution in [0.2, 0.25) is 0 Å². The largest absolute Gasteiger partial charge is 0.492 e. The van der Waals surface area contributed by atoms with Crippen molar-refractivity contribution in [3.63, 3.8) is 0 Å². The maximum atomic E-state index is 5.71. The Kier molecular flexibility index (Phi) is 4.29. The van der Waals surface area contributed by atoms with Gasteiger partial charge in [0, 0.05) is 25.9 Å². The van der Waals surface area contributed by atoms with E-state index in [2.05, 4.69) is 19.9 Å². The Balaban J connectivity index is 2.35. The number of rotatable bonds is 5. The third-order valence-electron chi connectivity index (χ3n) is 2.49. The number of nitrogens with two attached hydrogens (primary N) is 1. The lowest BCUT2D eigenvalue weighted by Gasteiger charge is -2.11. The Bertz CT molecular complexity index is 587. The number of nitrogens with zero attached hydrogens (tertiary/aromatic N) is 5. The topological polar surface area (TPSA) is 90.0 Å². The number of aromatic nitrogens is 4. The number of nitrogen functional groups attached to an aromatic ring is 1. The van der Waals surface area contributed by atoms with Gasteiger partial charge in [-0.05, 0) is 12.5 Å². The minimum absolute atomic E-state index is 0.179. The van der Waals surface area contributed by atoms with Crippen molar-refractivity contribution in [3.8, 4) is 17.1 Å². The van der Waals surface area contributed by atoms with Crippen LogP contribution in [0.4, 0.5) is 11.9 Å². The summed E-state index contributed by atoms with van der Waals surface area (Å²) in [7, 11) is 3.69. The summed E-state index contributed by atoms with van der Waals surface area (Å²) in [4.78, 5) is 18.5. The van der Waals surface area contributed by atoms with Gasteiger partial charge in [0.2, 0.25) is 11.9 Å². The van der Waals surface area contributed by atoms with E-state index >= 15 is 0 Å². The lowest BCUT2D eigenvalue weighted by Crippen LogP contribution is -2.15. The Morgan fingerprint density at radius 3 is 2.70 bits per heavy atom. The van der Waals surface area contributed by atoms with Crippen molar-refractivity contribution in [1.82, 2.24) is 19.9 Å². The van der Waals surface area contributed by atoms with Gasteiger partial charge in [0.25, 0.3) is 0 Å². The summed E-state index contributed by atoms with van der Waals surface area (Å²) in [5.41, 5.74) is 6.46. The molecule has 0 unspecified atom stereocenters. The molecule has 0 aliphatic carbocycles. The monoisotopic (exact) mass is 274 g/mol. The molecule has 2 aromatic rings. The first kappa shape index (κ1) is 14.0. The minimum Gasteiger partial charge on any atom is -0.492 e. The van der Waals surface area contributed by atoms with Crippen LogP contribution < -0.4 is 15.4 Å². The third-order valence-corrected chi connectivity index (χ3v) is 2.49. The van der Waals surface area contributed by atoms with Gasteiger partial charge in [-0.15, -0.1) is 0 Å². The smallest absolute Gasteiger partial charge is 0.230 e. The fraction of sp³-hybridized carbons (Fsp3) is 0.385. The van der Waals surface area contributed by atoms with Crippen LogP contribution in [-0.4, -0.2) is 40.6 Å². The van der Waals surface area contributed by atoms with E-state index in [0.29, 0.717) is 24.1 Å². The molecule has 0 radical (unpaired) electrons. The Morgan fingerprint density at radius 1 is 1.20 bits per heavy atom. The molecule has 0 aliphatic rings. The number of anilines is 2. The first-order chi connectivity index (χ1) is 9.60. The lowest BCUT2D eigenvalue weighted by atomic mass is 10.2. The van der Waals surface area contributed by atoms with Gasteiger partial charge in [0.05, 0.1) is 12.8 Å². The van der Waals surface area contributed by atoms with Crippen LogP contribution in [0.15, 0.2) is 18.5 Å². The molecular weight excluding hydrogens is 256 g/mol. The van der Waals surface area contributed by atoms with Gasteiger partial charge in [-0.25, -0.2) is 0 Å². The standard InChI is InChI=1S/C13H18N6O/c1-4-5-20-10-6-9(7-15-8-10)11-16-12(14)18-13(17-11)19(2)3/h6-8H,4-5H2,1-3H3,(H2,14,16,17,18). The van der Waals surface area contributed by atoms with Crippen molar-refractivity contribution in [2.45, 2.75) is 13.3 Å². The van der Waals surface area contributed by atoms with E-state index in [1.54, 1.807) is 17.3 Å². The van der Waals surface area contributed by atoms with Gasteiger partial charge < -0.3 is 15.4 Å². The van der Waals surface area contributed by atoms with Crippen molar-refractivity contribution in [2.24, 2.45) is 0 Å². The highest BCUT2D eigenvalue weighted by atomic mass is 16.5. The molecule has 0 fully saturated rings. The van der Waals surface area contributed by atoms with E-state index in [9.17, 15) is 0 Å². The Labute approximate surface area is 117 Å². The Morgan fingerprint density at radius 2 is 2.00 bits per heavy atom. The zero-order valence-electron chi connectivity index (χ0n) is 11.9. The van der Waals surface area contributed by atoms with E-state index < -0.39 is 0 Å². The van der Waals surface area contributed by atoms with Crippen molar-refractivity contribution < 1.29 is 4.74 Å². The van der Waals surface area contributed by atoms with Crippen LogP contribution >= 0.6 is 0 Å². The summed E-state index contributed by atoms with van der Waals surface area (Å²) in [5, 5.41) is 0. The van der Waals surface area contributed by atoms with Crippen LogP contribution in [0.5, 0.6) is 5.75 Å². The summed E-state index contributed by atoms with van der Waals surface area (Å²) in [5.74, 6) is 1.86. The highest BCUT2D eigenvalue weighted by Crippen LogP contribution is 2.21. The van der Waals surface area contributed by atoms with Crippen LogP contribution in [0.1, 0.15) is 13.3 Å². The molecule has 2 heterocycles. The summed E-state index contributed by atoms with van der Waals surface area (Å²) in [6, 6.07) is 1.84. The van der Waals surface area contributed by atoms with E-state index in [4.69, 9.17) is 10.5 Å². The van der Waals surface area contributed by atoms with Gasteiger partial charge >= 0.3 is 0 Å². The van der Waals surface area contributed by atoms with Crippen LogP contribution in [-0.2, 0) is 0 Å². The normalized spacial score (nSPS) is 10.3. The third kappa shape index (κ3) is 3.31. The Hall–Kier alpha value is -2.44. The maximum Gasteiger partial charge on any atom is 0.230 e. The second-order valence-electron chi connectivity index (χ2n) is 4.47. The minimum atomic E-state index is 0.179. The van der Waals surface area contributed by atoms with E-state index in [1.165, 1.54) is 0 Å². The highest BCUT2D eigenvalue weighted by molar-refractivity contribution is 5.58. The number of hydrogen-bond acceptors (Lipinski definition) is 7. The number of pyridine rings is 1. The zero-order valence-corrected chi connectivity index (χ0v) is 11.9. The average molecular weight is 274 g/mol. The van der Waals surface area contributed by atoms with E-state index in [0.717, 1.165) is 12.0 Å². The molecule has 0 atom stereocenters. The molecule has 106 valence electrons. The quantitative estimate of drug-likeness (QED) is 0.880. The molecule has 2 aromatic heterocycles. The molecule has 0 saturated carbocycles. The van der Waals surface area contributed by atoms with Crippen molar-refractivity contribution in [1.29, 1.82) is 0 Å². The van der Waals surface area contributed by atoms with E-state index in [1.807, 2.05) is 27.1 Å². The predicted molar refractivity (Wildman–Crippen MR) is 77.6 cm³/mol. The van der Waals surface area contributed by atoms with Crippen molar-refractivity contribution in [3.05, 3.63) is 18.5 Å². The van der Waals surface area contributed by atoms with Crippen LogP contribution in [0.3, 0.4) is 0 Å². The molecule has 0 aliphatic heterocycles. The fourth-order valence-electron chi connectivity index (χ4n) is 1.55. The molecule has 0 spiro atoms. The molecular formula is C13H18N6O. The van der Waals surface area contributed by atoms with Crippen LogP contribution in [0, 0.1) is 0 Å². The lowest BCUT2D eigenvalue weighted by molar-refractivity contribution is 0.316. The molecule has 2 rings (SSSR count). The summed E-state index contributed by atoms with van der Waals surface area (Å²) in [6.07, 6.45) is 4.28. The van der Waals surface area contributed by atoms with Crippen molar-refractivity contribution in [2.75, 3.05) is 31.3 Å². The second-order valence-corrected chi connectivity index (χ2v) is 4.47. The SMILES string of the molecule is CCCOc1cncc(-c2nc(N)nc(N(C)C)n2)c1. The highest BCUT2D eigenvalue weighted by Gasteiger charge is 2.09. The molecule has 0 bridgehead atoms. The molecule has 20 heavy (non-hydrogen) atoms. The van der Waals surface area contributed by atoms with E-state index in [-0.39, 0.29) is 5.95 Å². The molecule has 7 heteroatoms. The van der Waals surface area contributed by atoms with Gasteiger partial charge in [-0.1, -0.05) is 6.92 Å². The van der Waals surface area contributed by atoms with Gasteiger partial charge in [-0.3, -0.25) is 4.98 Å².